The van der Waals surface area contributed by atoms with Crippen LogP contribution < -0.4 is 5.73 Å². The average molecular weight is 268 g/mol. The second-order valence-electron chi connectivity index (χ2n) is 3.21. The molecule has 1 rings (SSSR count). The van der Waals surface area contributed by atoms with Crippen LogP contribution in [0.3, 0.4) is 0 Å². The summed E-state index contributed by atoms with van der Waals surface area (Å²) < 4.78 is 38.2. The van der Waals surface area contributed by atoms with E-state index in [-0.39, 0.29) is 5.56 Å². The molecule has 0 radical (unpaired) electrons. The number of benzene rings is 1. The van der Waals surface area contributed by atoms with Crippen molar-refractivity contribution in [2.24, 2.45) is 5.73 Å². The summed E-state index contributed by atoms with van der Waals surface area (Å²) in [7, 11) is 0. The molecule has 0 heterocycles. The Bertz CT molecular complexity index is 316. The number of alkyl halides is 3. The van der Waals surface area contributed by atoms with Gasteiger partial charge in [-0.25, -0.2) is 0 Å². The van der Waals surface area contributed by atoms with Crippen LogP contribution in [0.1, 0.15) is 12.5 Å². The highest BCUT2D eigenvalue weighted by atomic mass is 79.9. The Balaban J connectivity index is 3.10. The van der Waals surface area contributed by atoms with Crippen LogP contribution in [0.5, 0.6) is 0 Å². The average Bonchev–Trinajstić information content (AvgIpc) is 2.03. The molecule has 0 fully saturated rings. The Labute approximate surface area is 88.2 Å². The third-order valence-electron chi connectivity index (χ3n) is 2.03. The molecule has 5 heteroatoms. The topological polar surface area (TPSA) is 26.0 Å². The van der Waals surface area contributed by atoms with Crippen LogP contribution in [0, 0.1) is 0 Å². The van der Waals surface area contributed by atoms with E-state index in [9.17, 15) is 13.2 Å². The highest BCUT2D eigenvalue weighted by Crippen LogP contribution is 2.36. The van der Waals surface area contributed by atoms with Gasteiger partial charge in [-0.1, -0.05) is 28.1 Å². The van der Waals surface area contributed by atoms with Gasteiger partial charge in [0.1, 0.15) is 5.54 Å². The first-order chi connectivity index (χ1) is 6.25. The fourth-order valence-electron chi connectivity index (χ4n) is 0.960. The van der Waals surface area contributed by atoms with E-state index in [4.69, 9.17) is 5.73 Å². The van der Waals surface area contributed by atoms with Crippen molar-refractivity contribution in [1.29, 1.82) is 0 Å². The minimum atomic E-state index is -4.44. The normalized spacial score (nSPS) is 16.4. The first-order valence-corrected chi connectivity index (χ1v) is 4.66. The molecule has 0 saturated heterocycles. The zero-order valence-electron chi connectivity index (χ0n) is 7.40. The minimum Gasteiger partial charge on any atom is -0.314 e. The van der Waals surface area contributed by atoms with Gasteiger partial charge in [-0.3, -0.25) is 0 Å². The van der Waals surface area contributed by atoms with E-state index in [2.05, 4.69) is 15.9 Å². The molecule has 1 atom stereocenters. The van der Waals surface area contributed by atoms with E-state index >= 15 is 0 Å². The first-order valence-electron chi connectivity index (χ1n) is 3.87. The van der Waals surface area contributed by atoms with E-state index in [1.807, 2.05) is 0 Å². The van der Waals surface area contributed by atoms with E-state index in [1.165, 1.54) is 24.3 Å². The van der Waals surface area contributed by atoms with Crippen molar-refractivity contribution in [2.45, 2.75) is 18.6 Å². The van der Waals surface area contributed by atoms with Gasteiger partial charge in [0.15, 0.2) is 0 Å². The number of halogens is 4. The van der Waals surface area contributed by atoms with Crippen molar-refractivity contribution in [3.63, 3.8) is 0 Å². The van der Waals surface area contributed by atoms with E-state index in [1.54, 1.807) is 0 Å². The molecule has 0 aliphatic carbocycles. The molecule has 14 heavy (non-hydrogen) atoms. The highest BCUT2D eigenvalue weighted by Gasteiger charge is 2.49. The molecule has 0 aliphatic heterocycles. The lowest BCUT2D eigenvalue weighted by Gasteiger charge is -2.27. The summed E-state index contributed by atoms with van der Waals surface area (Å²) in [4.78, 5) is 0. The maximum absolute atomic E-state index is 12.5. The van der Waals surface area contributed by atoms with Gasteiger partial charge in [0.2, 0.25) is 0 Å². The van der Waals surface area contributed by atoms with Crippen molar-refractivity contribution in [3.8, 4) is 0 Å². The number of rotatable bonds is 1. The van der Waals surface area contributed by atoms with Crippen molar-refractivity contribution in [3.05, 3.63) is 34.3 Å². The second kappa shape index (κ2) is 3.55. The van der Waals surface area contributed by atoms with Crippen LogP contribution in [0.15, 0.2) is 28.7 Å². The molecule has 78 valence electrons. The number of nitrogens with two attached hydrogens (primary N) is 1. The lowest BCUT2D eigenvalue weighted by Crippen LogP contribution is -2.47. The summed E-state index contributed by atoms with van der Waals surface area (Å²) in [6, 6.07) is 5.79. The lowest BCUT2D eigenvalue weighted by molar-refractivity contribution is -0.184. The largest absolute Gasteiger partial charge is 0.410 e. The van der Waals surface area contributed by atoms with Crippen molar-refractivity contribution >= 4 is 15.9 Å². The third kappa shape index (κ3) is 2.09. The molecule has 0 aliphatic rings. The molecule has 0 amide bonds. The van der Waals surface area contributed by atoms with E-state index in [0.29, 0.717) is 0 Å². The number of hydrogen-bond donors (Lipinski definition) is 1. The summed E-state index contributed by atoms with van der Waals surface area (Å²) in [6.45, 7) is 0.955. The van der Waals surface area contributed by atoms with Crippen molar-refractivity contribution in [1.82, 2.24) is 0 Å². The monoisotopic (exact) mass is 267 g/mol. The minimum absolute atomic E-state index is 0.0493. The predicted octanol–water partition coefficient (Wildman–Crippen LogP) is 3.19. The zero-order valence-corrected chi connectivity index (χ0v) is 8.98. The third-order valence-corrected chi connectivity index (χ3v) is 2.56. The van der Waals surface area contributed by atoms with Crippen LogP contribution in [-0.4, -0.2) is 6.18 Å². The van der Waals surface area contributed by atoms with Crippen LogP contribution in [0.4, 0.5) is 13.2 Å². The van der Waals surface area contributed by atoms with E-state index in [0.717, 1.165) is 11.4 Å². The molecule has 1 aromatic carbocycles. The predicted molar refractivity (Wildman–Crippen MR) is 51.7 cm³/mol. The van der Waals surface area contributed by atoms with Crippen LogP contribution >= 0.6 is 15.9 Å². The molecule has 0 bridgehead atoms. The Kier molecular flexibility index (Phi) is 2.92. The van der Waals surface area contributed by atoms with Gasteiger partial charge in [-0.2, -0.15) is 13.2 Å². The fourth-order valence-corrected chi connectivity index (χ4v) is 1.22. The molecule has 1 nitrogen and oxygen atoms in total. The van der Waals surface area contributed by atoms with E-state index < -0.39 is 11.7 Å². The van der Waals surface area contributed by atoms with Gasteiger partial charge < -0.3 is 5.73 Å². The second-order valence-corrected chi connectivity index (χ2v) is 4.12. The lowest BCUT2D eigenvalue weighted by atomic mass is 9.93. The van der Waals surface area contributed by atoms with Gasteiger partial charge >= 0.3 is 6.18 Å². The van der Waals surface area contributed by atoms with Crippen molar-refractivity contribution in [2.75, 3.05) is 0 Å². The molecule has 2 N–H and O–H groups in total. The molecule has 1 aromatic rings. The summed E-state index contributed by atoms with van der Waals surface area (Å²) in [5.41, 5.74) is 2.98. The van der Waals surface area contributed by atoms with Gasteiger partial charge in [0, 0.05) is 4.47 Å². The van der Waals surface area contributed by atoms with Gasteiger partial charge in [0.05, 0.1) is 0 Å². The molecule has 0 saturated carbocycles. The number of hydrogen-bond acceptors (Lipinski definition) is 1. The SMILES string of the molecule is CC(N)(c1ccc(Br)cc1)C(F)(F)F. The maximum Gasteiger partial charge on any atom is 0.410 e. The Morgan fingerprint density at radius 3 is 1.93 bits per heavy atom. The molecule has 0 aromatic heterocycles. The van der Waals surface area contributed by atoms with Gasteiger partial charge in [-0.15, -0.1) is 0 Å². The summed E-state index contributed by atoms with van der Waals surface area (Å²) in [5.74, 6) is 0. The quantitative estimate of drug-likeness (QED) is 0.831. The molecule has 0 spiro atoms. The van der Waals surface area contributed by atoms with Gasteiger partial charge in [-0.05, 0) is 24.6 Å². The molecule has 1 unspecified atom stereocenters. The smallest absolute Gasteiger partial charge is 0.314 e. The van der Waals surface area contributed by atoms with Crippen LogP contribution in [-0.2, 0) is 5.54 Å². The highest BCUT2D eigenvalue weighted by molar-refractivity contribution is 9.10. The maximum atomic E-state index is 12.5. The summed E-state index contributed by atoms with van der Waals surface area (Å²) >= 11 is 3.14. The Hall–Kier alpha value is -0.550. The fraction of sp³-hybridized carbons (Fsp3) is 0.333. The summed E-state index contributed by atoms with van der Waals surface area (Å²) in [6.07, 6.45) is -4.44. The summed E-state index contributed by atoms with van der Waals surface area (Å²) in [5, 5.41) is 0. The Morgan fingerprint density at radius 1 is 1.14 bits per heavy atom. The van der Waals surface area contributed by atoms with Crippen molar-refractivity contribution < 1.29 is 13.2 Å². The van der Waals surface area contributed by atoms with Gasteiger partial charge in [0.25, 0.3) is 0 Å². The molecular weight excluding hydrogens is 259 g/mol. The van der Waals surface area contributed by atoms with Crippen LogP contribution in [0.2, 0.25) is 0 Å². The first kappa shape index (κ1) is 11.5. The van der Waals surface area contributed by atoms with Crippen LogP contribution in [0.25, 0.3) is 0 Å². The standard InChI is InChI=1S/C9H9BrF3N/c1-8(14,9(11,12)13)6-2-4-7(10)5-3-6/h2-5H,14H2,1H3. The molecular formula is C9H9BrF3N. The zero-order chi connectivity index (χ0) is 11.0. The Morgan fingerprint density at radius 2 is 1.57 bits per heavy atom.